The first-order valence-corrected chi connectivity index (χ1v) is 8.27. The van der Waals surface area contributed by atoms with E-state index >= 15 is 0 Å². The first-order chi connectivity index (χ1) is 9.74. The minimum absolute atomic E-state index is 0.902. The molecule has 0 saturated heterocycles. The number of aryl methyl sites for hydroxylation is 1. The average molecular weight is 272 g/mol. The highest BCUT2D eigenvalue weighted by atomic mass is 15.1. The molecule has 1 fully saturated rings. The van der Waals surface area contributed by atoms with Crippen molar-refractivity contribution in [2.45, 2.75) is 45.6 Å². The maximum absolute atomic E-state index is 3.68. The van der Waals surface area contributed by atoms with Crippen LogP contribution in [0.4, 0.5) is 5.69 Å². The number of hydrogen-bond acceptors (Lipinski definition) is 2. The van der Waals surface area contributed by atoms with Crippen molar-refractivity contribution in [3.8, 4) is 0 Å². The molecule has 2 aliphatic rings. The molecule has 2 unspecified atom stereocenters. The van der Waals surface area contributed by atoms with E-state index in [1.165, 1.54) is 62.0 Å². The third-order valence-electron chi connectivity index (χ3n) is 5.27. The summed E-state index contributed by atoms with van der Waals surface area (Å²) in [6, 6.07) is 7.02. The predicted octanol–water partition coefficient (Wildman–Crippen LogP) is 3.59. The summed E-state index contributed by atoms with van der Waals surface area (Å²) in [6.45, 7) is 5.83. The Morgan fingerprint density at radius 2 is 2.15 bits per heavy atom. The first kappa shape index (κ1) is 13.9. The molecule has 1 heterocycles. The Balaban J connectivity index is 1.55. The number of nitrogens with zero attached hydrogens (tertiary/aromatic N) is 1. The van der Waals surface area contributed by atoms with Crippen molar-refractivity contribution in [2.75, 3.05) is 25.0 Å². The van der Waals surface area contributed by atoms with Crippen molar-refractivity contribution in [1.29, 1.82) is 0 Å². The molecular weight excluding hydrogens is 244 g/mol. The summed E-state index contributed by atoms with van der Waals surface area (Å²) in [5.74, 6) is 1.82. The van der Waals surface area contributed by atoms with Gasteiger partial charge >= 0.3 is 0 Å². The fourth-order valence-electron chi connectivity index (χ4n) is 3.88. The second-order valence-electron chi connectivity index (χ2n) is 6.79. The lowest BCUT2D eigenvalue weighted by atomic mass is 9.97. The fraction of sp³-hybridized carbons (Fsp3) is 0.667. The Kier molecular flexibility index (Phi) is 4.30. The van der Waals surface area contributed by atoms with Crippen molar-refractivity contribution in [3.05, 3.63) is 29.3 Å². The summed E-state index contributed by atoms with van der Waals surface area (Å²) < 4.78 is 0. The zero-order valence-electron chi connectivity index (χ0n) is 13.0. The van der Waals surface area contributed by atoms with Gasteiger partial charge in [-0.15, -0.1) is 0 Å². The largest absolute Gasteiger partial charge is 0.374 e. The predicted molar refractivity (Wildman–Crippen MR) is 86.2 cm³/mol. The van der Waals surface area contributed by atoms with E-state index in [1.807, 2.05) is 0 Å². The topological polar surface area (TPSA) is 15.3 Å². The normalized spacial score (nSPS) is 25.8. The Morgan fingerprint density at radius 1 is 1.25 bits per heavy atom. The van der Waals surface area contributed by atoms with Crippen molar-refractivity contribution >= 4 is 5.69 Å². The molecule has 1 aromatic carbocycles. The SMILES string of the molecule is CC1CCCC1CNCc1ccc2c(c1)CCCN2C. The lowest BCUT2D eigenvalue weighted by Gasteiger charge is -2.28. The second-order valence-corrected chi connectivity index (χ2v) is 6.79. The molecule has 1 aromatic rings. The molecule has 110 valence electrons. The van der Waals surface area contributed by atoms with Crippen molar-refractivity contribution in [2.24, 2.45) is 11.8 Å². The Hall–Kier alpha value is -1.02. The lowest BCUT2D eigenvalue weighted by molar-refractivity contribution is 0.392. The lowest BCUT2D eigenvalue weighted by Crippen LogP contribution is -2.26. The molecule has 1 aliphatic heterocycles. The van der Waals surface area contributed by atoms with E-state index < -0.39 is 0 Å². The van der Waals surface area contributed by atoms with Gasteiger partial charge in [0.2, 0.25) is 0 Å². The average Bonchev–Trinajstić information content (AvgIpc) is 2.85. The molecule has 20 heavy (non-hydrogen) atoms. The summed E-state index contributed by atoms with van der Waals surface area (Å²) in [6.07, 6.45) is 6.81. The molecule has 0 bridgehead atoms. The van der Waals surface area contributed by atoms with Crippen LogP contribution in [0.2, 0.25) is 0 Å². The van der Waals surface area contributed by atoms with Gasteiger partial charge in [-0.1, -0.05) is 31.9 Å². The van der Waals surface area contributed by atoms with Crippen molar-refractivity contribution < 1.29 is 0 Å². The standard InChI is InChI=1S/C18H28N2/c1-14-5-3-6-17(14)13-19-12-15-8-9-18-16(11-15)7-4-10-20(18)2/h8-9,11,14,17,19H,3-7,10,12-13H2,1-2H3. The van der Waals surface area contributed by atoms with E-state index in [4.69, 9.17) is 0 Å². The molecule has 1 aliphatic carbocycles. The van der Waals surface area contributed by atoms with Gasteiger partial charge in [-0.05, 0) is 54.8 Å². The van der Waals surface area contributed by atoms with Crippen LogP contribution in [0.1, 0.15) is 43.7 Å². The molecule has 0 amide bonds. The highest BCUT2D eigenvalue weighted by molar-refractivity contribution is 5.56. The molecule has 2 heteroatoms. The quantitative estimate of drug-likeness (QED) is 0.901. The molecule has 0 radical (unpaired) electrons. The van der Waals surface area contributed by atoms with E-state index in [9.17, 15) is 0 Å². The summed E-state index contributed by atoms with van der Waals surface area (Å²) in [7, 11) is 2.21. The molecule has 1 saturated carbocycles. The number of hydrogen-bond donors (Lipinski definition) is 1. The summed E-state index contributed by atoms with van der Waals surface area (Å²) in [5.41, 5.74) is 4.42. The van der Waals surface area contributed by atoms with Crippen LogP contribution in [0, 0.1) is 11.8 Å². The highest BCUT2D eigenvalue weighted by Gasteiger charge is 2.22. The molecule has 0 spiro atoms. The highest BCUT2D eigenvalue weighted by Crippen LogP contribution is 2.30. The zero-order chi connectivity index (χ0) is 13.9. The van der Waals surface area contributed by atoms with Crippen LogP contribution in [-0.4, -0.2) is 20.1 Å². The zero-order valence-corrected chi connectivity index (χ0v) is 13.0. The van der Waals surface area contributed by atoms with Gasteiger partial charge in [-0.2, -0.15) is 0 Å². The van der Waals surface area contributed by atoms with Crippen molar-refractivity contribution in [1.82, 2.24) is 5.32 Å². The van der Waals surface area contributed by atoms with Crippen molar-refractivity contribution in [3.63, 3.8) is 0 Å². The van der Waals surface area contributed by atoms with Gasteiger partial charge in [0.1, 0.15) is 0 Å². The molecule has 3 rings (SSSR count). The molecule has 2 atom stereocenters. The fourth-order valence-corrected chi connectivity index (χ4v) is 3.88. The minimum Gasteiger partial charge on any atom is -0.374 e. The maximum atomic E-state index is 3.68. The third-order valence-corrected chi connectivity index (χ3v) is 5.27. The van der Waals surface area contributed by atoms with Crippen LogP contribution in [0.5, 0.6) is 0 Å². The Morgan fingerprint density at radius 3 is 2.95 bits per heavy atom. The van der Waals surface area contributed by atoms with E-state index in [-0.39, 0.29) is 0 Å². The van der Waals surface area contributed by atoms with E-state index in [2.05, 4.69) is 42.4 Å². The molecule has 0 aromatic heterocycles. The number of anilines is 1. The number of fused-ring (bicyclic) bond motifs is 1. The van der Waals surface area contributed by atoms with Crippen LogP contribution in [0.15, 0.2) is 18.2 Å². The first-order valence-electron chi connectivity index (χ1n) is 8.27. The van der Waals surface area contributed by atoms with Gasteiger partial charge in [0.25, 0.3) is 0 Å². The summed E-state index contributed by atoms with van der Waals surface area (Å²) in [4.78, 5) is 2.39. The molecule has 2 nitrogen and oxygen atoms in total. The smallest absolute Gasteiger partial charge is 0.0396 e. The van der Waals surface area contributed by atoms with Gasteiger partial charge in [0.15, 0.2) is 0 Å². The van der Waals surface area contributed by atoms with E-state index in [0.29, 0.717) is 0 Å². The Bertz CT molecular complexity index is 455. The van der Waals surface area contributed by atoms with Gasteiger partial charge in [-0.3, -0.25) is 0 Å². The second kappa shape index (κ2) is 6.17. The number of rotatable bonds is 4. The van der Waals surface area contributed by atoms with Gasteiger partial charge < -0.3 is 10.2 Å². The maximum Gasteiger partial charge on any atom is 0.0396 e. The van der Waals surface area contributed by atoms with Crippen LogP contribution < -0.4 is 10.2 Å². The third kappa shape index (κ3) is 3.01. The van der Waals surface area contributed by atoms with Crippen LogP contribution in [0.3, 0.4) is 0 Å². The van der Waals surface area contributed by atoms with Gasteiger partial charge in [0.05, 0.1) is 0 Å². The van der Waals surface area contributed by atoms with E-state index in [0.717, 1.165) is 18.4 Å². The van der Waals surface area contributed by atoms with Gasteiger partial charge in [-0.25, -0.2) is 0 Å². The minimum atomic E-state index is 0.902. The van der Waals surface area contributed by atoms with Crippen LogP contribution in [-0.2, 0) is 13.0 Å². The summed E-state index contributed by atoms with van der Waals surface area (Å²) in [5, 5.41) is 3.68. The van der Waals surface area contributed by atoms with Gasteiger partial charge in [0, 0.05) is 25.8 Å². The molecular formula is C18H28N2. The molecule has 1 N–H and O–H groups in total. The monoisotopic (exact) mass is 272 g/mol. The number of nitrogens with one attached hydrogen (secondary N) is 1. The Labute approximate surface area is 123 Å². The van der Waals surface area contributed by atoms with E-state index in [1.54, 1.807) is 0 Å². The summed E-state index contributed by atoms with van der Waals surface area (Å²) >= 11 is 0. The van der Waals surface area contributed by atoms with Crippen LogP contribution in [0.25, 0.3) is 0 Å². The number of benzene rings is 1. The van der Waals surface area contributed by atoms with Crippen LogP contribution >= 0.6 is 0 Å².